The fourth-order valence-corrected chi connectivity index (χ4v) is 7.94. The van der Waals surface area contributed by atoms with E-state index in [0.717, 1.165) is 17.1 Å². The lowest BCUT2D eigenvalue weighted by Gasteiger charge is -2.28. The first-order valence-electron chi connectivity index (χ1n) is 17.4. The first-order valence-corrected chi connectivity index (χ1v) is 17.4. The van der Waals surface area contributed by atoms with Crippen LogP contribution in [0, 0.1) is 0 Å². The van der Waals surface area contributed by atoms with Crippen LogP contribution in [0.4, 0.5) is 17.1 Å². The fraction of sp³-hybridized carbons (Fsp3) is 0.0612. The topological polar surface area (TPSA) is 3.24 Å². The van der Waals surface area contributed by atoms with Crippen LogP contribution in [0.3, 0.4) is 0 Å². The van der Waals surface area contributed by atoms with Crippen LogP contribution in [-0.2, 0) is 5.41 Å². The van der Waals surface area contributed by atoms with Crippen molar-refractivity contribution in [3.63, 3.8) is 0 Å². The molecular formula is C49H37N. The van der Waals surface area contributed by atoms with Crippen molar-refractivity contribution in [2.45, 2.75) is 19.3 Å². The van der Waals surface area contributed by atoms with Gasteiger partial charge in [-0.05, 0) is 103 Å². The summed E-state index contributed by atoms with van der Waals surface area (Å²) in [7, 11) is 0. The lowest BCUT2D eigenvalue weighted by atomic mass is 9.82. The van der Waals surface area contributed by atoms with Gasteiger partial charge in [-0.1, -0.05) is 166 Å². The lowest BCUT2D eigenvalue weighted by molar-refractivity contribution is 0.660. The molecule has 0 atom stereocenters. The van der Waals surface area contributed by atoms with Gasteiger partial charge in [0.15, 0.2) is 0 Å². The average Bonchev–Trinajstić information content (AvgIpc) is 3.41. The normalized spacial score (nSPS) is 12.8. The maximum atomic E-state index is 2.41. The molecule has 8 aromatic rings. The zero-order valence-corrected chi connectivity index (χ0v) is 28.3. The molecule has 0 saturated carbocycles. The number of anilines is 3. The van der Waals surface area contributed by atoms with Crippen LogP contribution in [-0.4, -0.2) is 0 Å². The van der Waals surface area contributed by atoms with E-state index < -0.39 is 0 Å². The van der Waals surface area contributed by atoms with Gasteiger partial charge in [-0.2, -0.15) is 0 Å². The van der Waals surface area contributed by atoms with E-state index in [4.69, 9.17) is 0 Å². The Labute approximate surface area is 294 Å². The minimum absolute atomic E-state index is 0.0870. The fourth-order valence-electron chi connectivity index (χ4n) is 7.94. The van der Waals surface area contributed by atoms with Crippen molar-refractivity contribution in [3.8, 4) is 44.5 Å². The SMILES string of the molecule is CC1(C)c2ccccc2-c2ccc(N(c3ccc(-c4ccc(-c5ccccc5)c5ccccc45)cc3)c3cccc(-c4ccccc4)c3)cc21. The van der Waals surface area contributed by atoms with Gasteiger partial charge in [0.25, 0.3) is 0 Å². The molecule has 0 fully saturated rings. The van der Waals surface area contributed by atoms with Crippen molar-refractivity contribution in [1.29, 1.82) is 0 Å². The third-order valence-electron chi connectivity index (χ3n) is 10.5. The smallest absolute Gasteiger partial charge is 0.0467 e. The Morgan fingerprint density at radius 3 is 1.52 bits per heavy atom. The minimum Gasteiger partial charge on any atom is -0.310 e. The second-order valence-corrected chi connectivity index (χ2v) is 13.8. The second-order valence-electron chi connectivity index (χ2n) is 13.8. The highest BCUT2D eigenvalue weighted by molar-refractivity contribution is 6.05. The van der Waals surface area contributed by atoms with Gasteiger partial charge in [0.2, 0.25) is 0 Å². The Bertz CT molecular complexity index is 2490. The molecular weight excluding hydrogens is 603 g/mol. The van der Waals surface area contributed by atoms with Crippen LogP contribution in [0.5, 0.6) is 0 Å². The van der Waals surface area contributed by atoms with Crippen molar-refractivity contribution < 1.29 is 0 Å². The summed E-state index contributed by atoms with van der Waals surface area (Å²) in [4.78, 5) is 2.41. The van der Waals surface area contributed by atoms with Crippen molar-refractivity contribution in [1.82, 2.24) is 0 Å². The molecule has 8 aromatic carbocycles. The van der Waals surface area contributed by atoms with Gasteiger partial charge in [-0.25, -0.2) is 0 Å². The highest BCUT2D eigenvalue weighted by atomic mass is 15.1. The summed E-state index contributed by atoms with van der Waals surface area (Å²) in [5.74, 6) is 0. The molecule has 0 amide bonds. The molecule has 9 rings (SSSR count). The quantitative estimate of drug-likeness (QED) is 0.175. The molecule has 0 spiro atoms. The Balaban J connectivity index is 1.17. The predicted octanol–water partition coefficient (Wildman–Crippen LogP) is 13.6. The van der Waals surface area contributed by atoms with Crippen LogP contribution < -0.4 is 4.90 Å². The van der Waals surface area contributed by atoms with Crippen LogP contribution >= 0.6 is 0 Å². The van der Waals surface area contributed by atoms with Crippen LogP contribution in [0.15, 0.2) is 188 Å². The van der Waals surface area contributed by atoms with E-state index in [0.29, 0.717) is 0 Å². The summed E-state index contributed by atoms with van der Waals surface area (Å²) in [5, 5.41) is 2.52. The maximum Gasteiger partial charge on any atom is 0.0467 e. The van der Waals surface area contributed by atoms with Crippen molar-refractivity contribution in [3.05, 3.63) is 199 Å². The monoisotopic (exact) mass is 639 g/mol. The molecule has 0 heterocycles. The first-order chi connectivity index (χ1) is 24.6. The Hall–Kier alpha value is -6.18. The zero-order valence-electron chi connectivity index (χ0n) is 28.3. The van der Waals surface area contributed by atoms with Gasteiger partial charge in [-0.3, -0.25) is 0 Å². The van der Waals surface area contributed by atoms with E-state index in [2.05, 4.69) is 207 Å². The van der Waals surface area contributed by atoms with E-state index >= 15 is 0 Å². The molecule has 1 nitrogen and oxygen atoms in total. The van der Waals surface area contributed by atoms with E-state index in [1.807, 2.05) is 0 Å². The highest BCUT2D eigenvalue weighted by Gasteiger charge is 2.35. The number of rotatable bonds is 6. The summed E-state index contributed by atoms with van der Waals surface area (Å²) in [6.45, 7) is 4.70. The standard InChI is InChI=1S/C49H37N/c1-49(2)47-23-12-11-22-45(47)46-29-28-40(33-48(46)49)50(39-19-13-18-37(32-39)34-14-5-3-6-15-34)38-26-24-36(25-27-38)42-31-30-41(35-16-7-4-8-17-35)43-20-9-10-21-44(42)43/h3-33H,1-2H3. The molecule has 0 N–H and O–H groups in total. The summed E-state index contributed by atoms with van der Waals surface area (Å²) < 4.78 is 0. The summed E-state index contributed by atoms with van der Waals surface area (Å²) >= 11 is 0. The molecule has 238 valence electrons. The van der Waals surface area contributed by atoms with Crippen molar-refractivity contribution in [2.75, 3.05) is 4.90 Å². The largest absolute Gasteiger partial charge is 0.310 e. The Morgan fingerprint density at radius 2 is 0.820 bits per heavy atom. The van der Waals surface area contributed by atoms with Crippen LogP contribution in [0.1, 0.15) is 25.0 Å². The summed E-state index contributed by atoms with van der Waals surface area (Å²) in [5.41, 5.74) is 16.1. The number of nitrogens with zero attached hydrogens (tertiary/aromatic N) is 1. The minimum atomic E-state index is -0.0870. The molecule has 0 bridgehead atoms. The number of benzene rings is 8. The van der Waals surface area contributed by atoms with E-state index in [9.17, 15) is 0 Å². The maximum absolute atomic E-state index is 2.41. The summed E-state index contributed by atoms with van der Waals surface area (Å²) in [6.07, 6.45) is 0. The van der Waals surface area contributed by atoms with Gasteiger partial charge < -0.3 is 4.90 Å². The van der Waals surface area contributed by atoms with Gasteiger partial charge >= 0.3 is 0 Å². The van der Waals surface area contributed by atoms with Crippen LogP contribution in [0.25, 0.3) is 55.3 Å². The predicted molar refractivity (Wildman–Crippen MR) is 213 cm³/mol. The third kappa shape index (κ3) is 5.02. The average molecular weight is 640 g/mol. The molecule has 50 heavy (non-hydrogen) atoms. The van der Waals surface area contributed by atoms with E-state index in [1.54, 1.807) is 0 Å². The molecule has 0 unspecified atom stereocenters. The third-order valence-corrected chi connectivity index (χ3v) is 10.5. The second kappa shape index (κ2) is 12.1. The van der Waals surface area contributed by atoms with Crippen molar-refractivity contribution in [2.24, 2.45) is 0 Å². The first kappa shape index (κ1) is 29.9. The lowest BCUT2D eigenvalue weighted by Crippen LogP contribution is -2.16. The number of fused-ring (bicyclic) bond motifs is 4. The molecule has 0 aromatic heterocycles. The molecule has 0 radical (unpaired) electrons. The van der Waals surface area contributed by atoms with Gasteiger partial charge in [0, 0.05) is 22.5 Å². The zero-order chi connectivity index (χ0) is 33.7. The molecule has 0 saturated heterocycles. The molecule has 1 aliphatic rings. The molecule has 1 aliphatic carbocycles. The van der Waals surface area contributed by atoms with E-state index in [1.165, 1.54) is 66.4 Å². The van der Waals surface area contributed by atoms with Gasteiger partial charge in [0.05, 0.1) is 0 Å². The van der Waals surface area contributed by atoms with Crippen LogP contribution in [0.2, 0.25) is 0 Å². The number of hydrogen-bond acceptors (Lipinski definition) is 1. The summed E-state index contributed by atoms with van der Waals surface area (Å²) in [6, 6.07) is 68.5. The number of hydrogen-bond donors (Lipinski definition) is 0. The Morgan fingerprint density at radius 1 is 0.320 bits per heavy atom. The Kier molecular flexibility index (Phi) is 7.21. The molecule has 0 aliphatic heterocycles. The van der Waals surface area contributed by atoms with Gasteiger partial charge in [0.1, 0.15) is 0 Å². The molecule has 1 heteroatoms. The van der Waals surface area contributed by atoms with Gasteiger partial charge in [-0.15, -0.1) is 0 Å². The highest BCUT2D eigenvalue weighted by Crippen LogP contribution is 2.51. The van der Waals surface area contributed by atoms with E-state index in [-0.39, 0.29) is 5.41 Å². The van der Waals surface area contributed by atoms with Crippen molar-refractivity contribution >= 4 is 27.8 Å².